The van der Waals surface area contributed by atoms with E-state index in [-0.39, 0.29) is 0 Å². The lowest BCUT2D eigenvalue weighted by molar-refractivity contribution is 0.184. The molecule has 1 aromatic rings. The van der Waals surface area contributed by atoms with Crippen molar-refractivity contribution < 1.29 is 4.74 Å². The second-order valence-electron chi connectivity index (χ2n) is 4.86. The first-order chi connectivity index (χ1) is 8.28. The van der Waals surface area contributed by atoms with Crippen molar-refractivity contribution in [3.63, 3.8) is 0 Å². The van der Waals surface area contributed by atoms with E-state index >= 15 is 0 Å². The third-order valence-electron chi connectivity index (χ3n) is 3.37. The van der Waals surface area contributed by atoms with Gasteiger partial charge in [0, 0.05) is 19.7 Å². The summed E-state index contributed by atoms with van der Waals surface area (Å²) in [6, 6.07) is 9.10. The number of hydrogen-bond acceptors (Lipinski definition) is 3. The van der Waals surface area contributed by atoms with Crippen LogP contribution in [0.2, 0.25) is 0 Å². The molecule has 0 radical (unpaired) electrons. The van der Waals surface area contributed by atoms with E-state index in [1.165, 1.54) is 11.1 Å². The number of rotatable bonds is 4. The summed E-state index contributed by atoms with van der Waals surface area (Å²) in [5.41, 5.74) is 8.51. The van der Waals surface area contributed by atoms with Crippen LogP contribution in [0.5, 0.6) is 0 Å². The van der Waals surface area contributed by atoms with E-state index < -0.39 is 0 Å². The SMILES string of the molecule is COCc1ccc(CN2CCC(N)CC2)cc1. The van der Waals surface area contributed by atoms with Crippen LogP contribution >= 0.6 is 0 Å². The van der Waals surface area contributed by atoms with Gasteiger partial charge < -0.3 is 10.5 Å². The number of benzene rings is 1. The predicted octanol–water partition coefficient (Wildman–Crippen LogP) is 1.76. The Morgan fingerprint density at radius 2 is 1.76 bits per heavy atom. The van der Waals surface area contributed by atoms with Crippen molar-refractivity contribution in [2.45, 2.75) is 32.0 Å². The third-order valence-corrected chi connectivity index (χ3v) is 3.37. The first kappa shape index (κ1) is 12.6. The lowest BCUT2D eigenvalue weighted by Crippen LogP contribution is -2.39. The highest BCUT2D eigenvalue weighted by molar-refractivity contribution is 5.22. The Balaban J connectivity index is 1.86. The largest absolute Gasteiger partial charge is 0.380 e. The third kappa shape index (κ3) is 3.80. The zero-order valence-electron chi connectivity index (χ0n) is 10.6. The summed E-state index contributed by atoms with van der Waals surface area (Å²) in [5, 5.41) is 0. The average molecular weight is 234 g/mol. The van der Waals surface area contributed by atoms with Crippen LogP contribution in [-0.2, 0) is 17.9 Å². The van der Waals surface area contributed by atoms with Crippen LogP contribution in [-0.4, -0.2) is 31.1 Å². The molecule has 1 aliphatic heterocycles. The van der Waals surface area contributed by atoms with Crippen LogP contribution in [0.4, 0.5) is 0 Å². The van der Waals surface area contributed by atoms with Crippen molar-refractivity contribution in [1.82, 2.24) is 4.90 Å². The van der Waals surface area contributed by atoms with Crippen LogP contribution in [0, 0.1) is 0 Å². The van der Waals surface area contributed by atoms with Crippen molar-refractivity contribution >= 4 is 0 Å². The standard InChI is InChI=1S/C14H22N2O/c1-17-11-13-4-2-12(3-5-13)10-16-8-6-14(15)7-9-16/h2-5,14H,6-11,15H2,1H3. The zero-order chi connectivity index (χ0) is 12.1. The van der Waals surface area contributed by atoms with E-state index in [4.69, 9.17) is 10.5 Å². The number of hydrogen-bond donors (Lipinski definition) is 1. The molecular weight excluding hydrogens is 212 g/mol. The van der Waals surface area contributed by atoms with Crippen LogP contribution in [0.15, 0.2) is 24.3 Å². The molecule has 0 unspecified atom stereocenters. The van der Waals surface area contributed by atoms with Gasteiger partial charge in [0.2, 0.25) is 0 Å². The number of piperidine rings is 1. The Bertz CT molecular complexity index is 329. The fraction of sp³-hybridized carbons (Fsp3) is 0.571. The maximum atomic E-state index is 5.90. The molecule has 94 valence electrons. The second-order valence-corrected chi connectivity index (χ2v) is 4.86. The zero-order valence-corrected chi connectivity index (χ0v) is 10.6. The normalized spacial score (nSPS) is 18.5. The van der Waals surface area contributed by atoms with Crippen LogP contribution in [0.25, 0.3) is 0 Å². The van der Waals surface area contributed by atoms with Crippen molar-refractivity contribution in [3.05, 3.63) is 35.4 Å². The smallest absolute Gasteiger partial charge is 0.0713 e. The number of nitrogens with two attached hydrogens (primary N) is 1. The molecule has 3 nitrogen and oxygen atoms in total. The molecule has 2 rings (SSSR count). The van der Waals surface area contributed by atoms with Gasteiger partial charge in [-0.25, -0.2) is 0 Å². The van der Waals surface area contributed by atoms with E-state index in [9.17, 15) is 0 Å². The van der Waals surface area contributed by atoms with E-state index in [1.807, 2.05) is 0 Å². The average Bonchev–Trinajstić information content (AvgIpc) is 2.35. The lowest BCUT2D eigenvalue weighted by Gasteiger charge is -2.30. The van der Waals surface area contributed by atoms with Crippen LogP contribution in [0.1, 0.15) is 24.0 Å². The van der Waals surface area contributed by atoms with Gasteiger partial charge in [-0.3, -0.25) is 4.90 Å². The highest BCUT2D eigenvalue weighted by Crippen LogP contribution is 2.13. The Hall–Kier alpha value is -0.900. The summed E-state index contributed by atoms with van der Waals surface area (Å²) in [4.78, 5) is 2.48. The van der Waals surface area contributed by atoms with E-state index in [1.54, 1.807) is 7.11 Å². The lowest BCUT2D eigenvalue weighted by atomic mass is 10.0. The first-order valence-corrected chi connectivity index (χ1v) is 6.32. The van der Waals surface area contributed by atoms with E-state index in [0.717, 1.165) is 32.5 Å². The fourth-order valence-electron chi connectivity index (χ4n) is 2.28. The van der Waals surface area contributed by atoms with Gasteiger partial charge in [-0.05, 0) is 37.1 Å². The van der Waals surface area contributed by atoms with Gasteiger partial charge in [-0.15, -0.1) is 0 Å². The highest BCUT2D eigenvalue weighted by atomic mass is 16.5. The number of methoxy groups -OCH3 is 1. The number of nitrogens with zero attached hydrogens (tertiary/aromatic N) is 1. The molecule has 1 saturated heterocycles. The quantitative estimate of drug-likeness (QED) is 0.862. The van der Waals surface area contributed by atoms with Gasteiger partial charge in [-0.2, -0.15) is 0 Å². The molecule has 0 saturated carbocycles. The Kier molecular flexibility index (Phi) is 4.54. The minimum absolute atomic E-state index is 0.412. The first-order valence-electron chi connectivity index (χ1n) is 6.32. The summed E-state index contributed by atoms with van der Waals surface area (Å²) < 4.78 is 5.11. The molecular formula is C14H22N2O. The molecule has 2 N–H and O–H groups in total. The van der Waals surface area contributed by atoms with Gasteiger partial charge in [0.25, 0.3) is 0 Å². The monoisotopic (exact) mass is 234 g/mol. The molecule has 0 atom stereocenters. The number of ether oxygens (including phenoxy) is 1. The fourth-order valence-corrected chi connectivity index (χ4v) is 2.28. The molecule has 0 bridgehead atoms. The molecule has 1 aliphatic rings. The van der Waals surface area contributed by atoms with E-state index in [2.05, 4.69) is 29.2 Å². The molecule has 3 heteroatoms. The molecule has 17 heavy (non-hydrogen) atoms. The maximum absolute atomic E-state index is 5.90. The molecule has 1 heterocycles. The van der Waals surface area contributed by atoms with Gasteiger partial charge in [0.1, 0.15) is 0 Å². The molecule has 0 spiro atoms. The Morgan fingerprint density at radius 1 is 1.18 bits per heavy atom. The Morgan fingerprint density at radius 3 is 2.35 bits per heavy atom. The highest BCUT2D eigenvalue weighted by Gasteiger charge is 2.15. The molecule has 0 aliphatic carbocycles. The summed E-state index contributed by atoms with van der Waals surface area (Å²) in [6.45, 7) is 3.99. The van der Waals surface area contributed by atoms with Gasteiger partial charge >= 0.3 is 0 Å². The van der Waals surface area contributed by atoms with E-state index in [0.29, 0.717) is 12.6 Å². The maximum Gasteiger partial charge on any atom is 0.0713 e. The van der Waals surface area contributed by atoms with Gasteiger partial charge in [-0.1, -0.05) is 24.3 Å². The molecule has 0 amide bonds. The summed E-state index contributed by atoms with van der Waals surface area (Å²) in [7, 11) is 1.73. The summed E-state index contributed by atoms with van der Waals surface area (Å²) in [5.74, 6) is 0. The summed E-state index contributed by atoms with van der Waals surface area (Å²) >= 11 is 0. The molecule has 1 aromatic carbocycles. The number of likely N-dealkylation sites (tertiary alicyclic amines) is 1. The van der Waals surface area contributed by atoms with Gasteiger partial charge in [0.15, 0.2) is 0 Å². The topological polar surface area (TPSA) is 38.5 Å². The summed E-state index contributed by atoms with van der Waals surface area (Å²) in [6.07, 6.45) is 2.25. The van der Waals surface area contributed by atoms with Crippen molar-refractivity contribution in [2.24, 2.45) is 5.73 Å². The minimum atomic E-state index is 0.412. The molecule has 0 aromatic heterocycles. The van der Waals surface area contributed by atoms with Crippen molar-refractivity contribution in [1.29, 1.82) is 0 Å². The van der Waals surface area contributed by atoms with Gasteiger partial charge in [0.05, 0.1) is 6.61 Å². The van der Waals surface area contributed by atoms with Crippen molar-refractivity contribution in [3.8, 4) is 0 Å². The predicted molar refractivity (Wildman–Crippen MR) is 69.6 cm³/mol. The second kappa shape index (κ2) is 6.15. The Labute approximate surface area is 104 Å². The van der Waals surface area contributed by atoms with Crippen molar-refractivity contribution in [2.75, 3.05) is 20.2 Å². The van der Waals surface area contributed by atoms with Crippen LogP contribution < -0.4 is 5.73 Å². The minimum Gasteiger partial charge on any atom is -0.380 e. The van der Waals surface area contributed by atoms with Crippen LogP contribution in [0.3, 0.4) is 0 Å². The molecule has 1 fully saturated rings.